The number of likely N-dealkylation sites (tertiary alicyclic amines) is 1. The molecule has 0 amide bonds. The topological polar surface area (TPSA) is 86.0 Å². The molecule has 7 nitrogen and oxygen atoms in total. The highest BCUT2D eigenvalue weighted by Crippen LogP contribution is 2.26. The maximum absolute atomic E-state index is 9.34. The molecule has 7 heteroatoms. The van der Waals surface area contributed by atoms with Crippen molar-refractivity contribution in [2.75, 3.05) is 50.7 Å². The first-order valence-electron chi connectivity index (χ1n) is 7.78. The fourth-order valence-corrected chi connectivity index (χ4v) is 2.67. The van der Waals surface area contributed by atoms with E-state index in [0.717, 1.165) is 13.1 Å². The number of hydrazine groups is 1. The Balaban J connectivity index is 1.81. The molecule has 1 fully saturated rings. The maximum atomic E-state index is 9.34. The van der Waals surface area contributed by atoms with Crippen LogP contribution in [0.2, 0.25) is 0 Å². The first-order valence-corrected chi connectivity index (χ1v) is 7.78. The Morgan fingerprint density at radius 3 is 2.77 bits per heavy atom. The highest BCUT2D eigenvalue weighted by atomic mass is 16.5. The molecule has 0 aromatic heterocycles. The van der Waals surface area contributed by atoms with E-state index in [1.807, 2.05) is 0 Å². The lowest BCUT2D eigenvalue weighted by Gasteiger charge is -2.28. The number of hydrogen-bond acceptors (Lipinski definition) is 7. The highest BCUT2D eigenvalue weighted by molar-refractivity contribution is 5.69. The van der Waals surface area contributed by atoms with Crippen molar-refractivity contribution in [2.24, 2.45) is 0 Å². The van der Waals surface area contributed by atoms with Gasteiger partial charge in [0.2, 0.25) is 0 Å². The fraction of sp³-hybridized carbons (Fsp3) is 0.600. The van der Waals surface area contributed by atoms with E-state index in [2.05, 4.69) is 15.8 Å². The molecule has 1 aromatic rings. The van der Waals surface area contributed by atoms with Gasteiger partial charge in [0.1, 0.15) is 5.75 Å². The molecule has 0 spiro atoms. The Kier molecular flexibility index (Phi) is 6.73. The van der Waals surface area contributed by atoms with Gasteiger partial charge in [-0.25, -0.2) is 0 Å². The molecule has 0 aliphatic carbocycles. The van der Waals surface area contributed by atoms with Crippen LogP contribution in [0.25, 0.3) is 0 Å². The van der Waals surface area contributed by atoms with Gasteiger partial charge >= 0.3 is 0 Å². The molecular formula is C15H27N5O2. The molecule has 0 bridgehead atoms. The van der Waals surface area contributed by atoms with Crippen LogP contribution in [0.1, 0.15) is 19.3 Å². The van der Waals surface area contributed by atoms with E-state index in [1.165, 1.54) is 32.4 Å². The van der Waals surface area contributed by atoms with Crippen LogP contribution in [0, 0.1) is 0 Å². The van der Waals surface area contributed by atoms with Crippen molar-refractivity contribution in [1.29, 1.82) is 0 Å². The molecule has 1 aliphatic heterocycles. The summed E-state index contributed by atoms with van der Waals surface area (Å²) in [7, 11) is 1.60. The smallest absolute Gasteiger partial charge is 0.121 e. The van der Waals surface area contributed by atoms with Crippen molar-refractivity contribution in [3.63, 3.8) is 0 Å². The van der Waals surface area contributed by atoms with Gasteiger partial charge in [0, 0.05) is 19.2 Å². The van der Waals surface area contributed by atoms with Crippen LogP contribution in [-0.4, -0.2) is 50.1 Å². The predicted molar refractivity (Wildman–Crippen MR) is 88.0 cm³/mol. The van der Waals surface area contributed by atoms with Gasteiger partial charge in [0.15, 0.2) is 0 Å². The molecule has 0 unspecified atom stereocenters. The van der Waals surface area contributed by atoms with Gasteiger partial charge in [-0.15, -0.1) is 5.59 Å². The fourth-order valence-electron chi connectivity index (χ4n) is 2.67. The third-order valence-electron chi connectivity index (χ3n) is 3.97. The zero-order valence-corrected chi connectivity index (χ0v) is 13.2. The third kappa shape index (κ3) is 4.74. The zero-order valence-electron chi connectivity index (χ0n) is 13.2. The Labute approximate surface area is 132 Å². The number of benzene rings is 1. The van der Waals surface area contributed by atoms with Crippen molar-refractivity contribution in [3.8, 4) is 5.75 Å². The standard InChI is InChI=1S/C15H27N5O2/c1-22-13-5-6-14(16)15(11-13)20(18-21)12-17-7-10-19-8-3-2-4-9-19/h5-6,11,17-18,21H,2-4,7-10,12,16H2,1H3. The summed E-state index contributed by atoms with van der Waals surface area (Å²) in [5.74, 6) is 0.692. The number of methoxy groups -OCH3 is 1. The number of ether oxygens (including phenoxy) is 1. The van der Waals surface area contributed by atoms with Crippen molar-refractivity contribution in [3.05, 3.63) is 18.2 Å². The second-order valence-electron chi connectivity index (χ2n) is 5.51. The second kappa shape index (κ2) is 8.79. The number of nitrogen functional groups attached to an aromatic ring is 1. The van der Waals surface area contributed by atoms with Gasteiger partial charge in [-0.2, -0.15) is 0 Å². The first kappa shape index (κ1) is 16.8. The minimum absolute atomic E-state index is 0.446. The average molecular weight is 309 g/mol. The van der Waals surface area contributed by atoms with Crippen LogP contribution in [0.4, 0.5) is 11.4 Å². The first-order chi connectivity index (χ1) is 10.7. The van der Waals surface area contributed by atoms with Crippen molar-refractivity contribution in [2.45, 2.75) is 19.3 Å². The summed E-state index contributed by atoms with van der Waals surface area (Å²) in [5, 5.41) is 14.2. The Hall–Kier alpha value is -1.54. The monoisotopic (exact) mass is 309 g/mol. The van der Waals surface area contributed by atoms with Crippen molar-refractivity contribution >= 4 is 11.4 Å². The van der Waals surface area contributed by atoms with Gasteiger partial charge in [-0.1, -0.05) is 6.42 Å². The highest BCUT2D eigenvalue weighted by Gasteiger charge is 2.12. The third-order valence-corrected chi connectivity index (χ3v) is 3.97. The number of nitrogens with one attached hydrogen (secondary N) is 2. The van der Waals surface area contributed by atoms with E-state index >= 15 is 0 Å². The lowest BCUT2D eigenvalue weighted by molar-refractivity contribution is 0.150. The van der Waals surface area contributed by atoms with E-state index in [9.17, 15) is 5.21 Å². The second-order valence-corrected chi connectivity index (χ2v) is 5.51. The van der Waals surface area contributed by atoms with Crippen LogP contribution < -0.4 is 26.4 Å². The summed E-state index contributed by atoms with van der Waals surface area (Å²) in [6.45, 7) is 4.70. The molecule has 1 heterocycles. The molecule has 1 aliphatic rings. The molecule has 124 valence electrons. The molecule has 0 atom stereocenters. The summed E-state index contributed by atoms with van der Waals surface area (Å²) in [6, 6.07) is 5.33. The summed E-state index contributed by atoms with van der Waals surface area (Å²) in [4.78, 5) is 2.47. The normalized spacial score (nSPS) is 15.7. The SMILES string of the molecule is COc1ccc(N)c(N(CNCCN2CCCCC2)NO)c1. The molecule has 22 heavy (non-hydrogen) atoms. The van der Waals surface area contributed by atoms with E-state index in [-0.39, 0.29) is 0 Å². The van der Waals surface area contributed by atoms with Crippen molar-refractivity contribution in [1.82, 2.24) is 15.8 Å². The van der Waals surface area contributed by atoms with Gasteiger partial charge < -0.3 is 15.4 Å². The molecule has 0 radical (unpaired) electrons. The van der Waals surface area contributed by atoms with Crippen LogP contribution >= 0.6 is 0 Å². The summed E-state index contributed by atoms with van der Waals surface area (Å²) < 4.78 is 5.19. The minimum Gasteiger partial charge on any atom is -0.497 e. The Bertz CT molecular complexity index is 452. The van der Waals surface area contributed by atoms with E-state index < -0.39 is 0 Å². The Morgan fingerprint density at radius 2 is 2.09 bits per heavy atom. The van der Waals surface area contributed by atoms with Crippen molar-refractivity contribution < 1.29 is 9.94 Å². The number of nitrogens with two attached hydrogens (primary N) is 1. The lowest BCUT2D eigenvalue weighted by Crippen LogP contribution is -2.45. The van der Waals surface area contributed by atoms with Gasteiger partial charge in [0.25, 0.3) is 0 Å². The number of nitrogens with zero attached hydrogens (tertiary/aromatic N) is 2. The molecular weight excluding hydrogens is 282 g/mol. The number of hydrogen-bond donors (Lipinski definition) is 4. The van der Waals surface area contributed by atoms with Crippen LogP contribution in [0.3, 0.4) is 0 Å². The molecule has 0 saturated carbocycles. The predicted octanol–water partition coefficient (Wildman–Crippen LogP) is 1.01. The largest absolute Gasteiger partial charge is 0.497 e. The lowest BCUT2D eigenvalue weighted by atomic mass is 10.1. The molecule has 1 aromatic carbocycles. The van der Waals surface area contributed by atoms with Gasteiger partial charge in [0.05, 0.1) is 25.2 Å². The zero-order chi connectivity index (χ0) is 15.8. The Morgan fingerprint density at radius 1 is 1.32 bits per heavy atom. The quantitative estimate of drug-likeness (QED) is 0.247. The summed E-state index contributed by atoms with van der Waals surface area (Å²) in [6.07, 6.45) is 3.94. The van der Waals surface area contributed by atoms with Crippen LogP contribution in [0.5, 0.6) is 5.75 Å². The maximum Gasteiger partial charge on any atom is 0.121 e. The van der Waals surface area contributed by atoms with Crippen LogP contribution in [0.15, 0.2) is 18.2 Å². The summed E-state index contributed by atoms with van der Waals surface area (Å²) >= 11 is 0. The van der Waals surface area contributed by atoms with Crippen LogP contribution in [-0.2, 0) is 0 Å². The van der Waals surface area contributed by atoms with E-state index in [0.29, 0.717) is 23.8 Å². The van der Waals surface area contributed by atoms with E-state index in [4.69, 9.17) is 10.5 Å². The molecule has 1 saturated heterocycles. The molecule has 5 N–H and O–H groups in total. The van der Waals surface area contributed by atoms with Gasteiger partial charge in [-0.3, -0.25) is 15.5 Å². The summed E-state index contributed by atoms with van der Waals surface area (Å²) in [5.41, 5.74) is 9.37. The average Bonchev–Trinajstić information content (AvgIpc) is 2.57. The molecule has 2 rings (SSSR count). The number of anilines is 2. The van der Waals surface area contributed by atoms with Gasteiger partial charge in [-0.05, 0) is 38.1 Å². The van der Waals surface area contributed by atoms with E-state index in [1.54, 1.807) is 30.3 Å². The minimum atomic E-state index is 0.446. The number of rotatable bonds is 8. The number of piperidine rings is 1.